The summed E-state index contributed by atoms with van der Waals surface area (Å²) in [5, 5.41) is 3.08. The molecule has 0 bridgehead atoms. The Morgan fingerprint density at radius 2 is 1.94 bits per heavy atom. The van der Waals surface area contributed by atoms with Crippen LogP contribution in [0.5, 0.6) is 5.75 Å². The highest BCUT2D eigenvalue weighted by molar-refractivity contribution is 5.66. The summed E-state index contributed by atoms with van der Waals surface area (Å²) in [5.74, 6) is 0.600. The number of nitrogens with one attached hydrogen (secondary N) is 1. The molecule has 0 aliphatic rings. The van der Waals surface area contributed by atoms with E-state index in [0.29, 0.717) is 12.1 Å². The molecule has 0 radical (unpaired) electrons. The molecule has 18 heavy (non-hydrogen) atoms. The molecule has 0 fully saturated rings. The smallest absolute Gasteiger partial charge is 0.131 e. The second-order valence-electron chi connectivity index (χ2n) is 4.04. The van der Waals surface area contributed by atoms with Crippen LogP contribution < -0.4 is 10.1 Å². The van der Waals surface area contributed by atoms with Gasteiger partial charge in [0.15, 0.2) is 0 Å². The van der Waals surface area contributed by atoms with E-state index in [1.54, 1.807) is 19.2 Å². The van der Waals surface area contributed by atoms with Crippen molar-refractivity contribution in [3.05, 3.63) is 53.8 Å². The van der Waals surface area contributed by atoms with E-state index in [-0.39, 0.29) is 5.82 Å². The van der Waals surface area contributed by atoms with E-state index in [1.165, 1.54) is 6.07 Å². The van der Waals surface area contributed by atoms with Gasteiger partial charge in [-0.05, 0) is 30.8 Å². The average molecular weight is 245 g/mol. The van der Waals surface area contributed by atoms with Gasteiger partial charge in [-0.2, -0.15) is 0 Å². The molecule has 94 valence electrons. The molecule has 2 aromatic carbocycles. The number of hydrogen-bond donors (Lipinski definition) is 1. The second kappa shape index (κ2) is 5.65. The lowest BCUT2D eigenvalue weighted by molar-refractivity contribution is 0.408. The van der Waals surface area contributed by atoms with Crippen molar-refractivity contribution < 1.29 is 9.13 Å². The van der Waals surface area contributed by atoms with Gasteiger partial charge < -0.3 is 10.1 Å². The van der Waals surface area contributed by atoms with Crippen molar-refractivity contribution in [2.24, 2.45) is 0 Å². The molecule has 0 saturated carbocycles. The van der Waals surface area contributed by atoms with Crippen LogP contribution in [0, 0.1) is 5.82 Å². The first-order valence-corrected chi connectivity index (χ1v) is 5.82. The molecule has 0 heterocycles. The largest absolute Gasteiger partial charge is 0.496 e. The summed E-state index contributed by atoms with van der Waals surface area (Å²) in [7, 11) is 3.51. The van der Waals surface area contributed by atoms with E-state index in [0.717, 1.165) is 16.9 Å². The summed E-state index contributed by atoms with van der Waals surface area (Å²) >= 11 is 0. The Kier molecular flexibility index (Phi) is 3.95. The van der Waals surface area contributed by atoms with Gasteiger partial charge in [0.25, 0.3) is 0 Å². The third-order valence-electron chi connectivity index (χ3n) is 2.83. The van der Waals surface area contributed by atoms with Crippen LogP contribution in [0.4, 0.5) is 4.39 Å². The molecule has 0 saturated heterocycles. The number of rotatable bonds is 4. The maximum atomic E-state index is 13.7. The van der Waals surface area contributed by atoms with E-state index in [4.69, 9.17) is 4.74 Å². The van der Waals surface area contributed by atoms with E-state index in [2.05, 4.69) is 5.32 Å². The Bertz CT molecular complexity index is 540. The molecule has 1 N–H and O–H groups in total. The number of ether oxygens (including phenoxy) is 1. The zero-order valence-corrected chi connectivity index (χ0v) is 10.5. The van der Waals surface area contributed by atoms with Crippen molar-refractivity contribution in [3.8, 4) is 16.9 Å². The molecule has 0 aromatic heterocycles. The number of halogens is 1. The Hall–Kier alpha value is -1.87. The molecule has 0 atom stereocenters. The van der Waals surface area contributed by atoms with Crippen molar-refractivity contribution in [2.75, 3.05) is 14.2 Å². The molecule has 0 spiro atoms. The van der Waals surface area contributed by atoms with Gasteiger partial charge in [0.05, 0.1) is 7.11 Å². The summed E-state index contributed by atoms with van der Waals surface area (Å²) in [6.45, 7) is 0.686. The second-order valence-corrected chi connectivity index (χ2v) is 4.04. The third kappa shape index (κ3) is 2.51. The fourth-order valence-corrected chi connectivity index (χ4v) is 1.97. The normalized spacial score (nSPS) is 10.4. The Balaban J connectivity index is 2.47. The zero-order chi connectivity index (χ0) is 13.0. The summed E-state index contributed by atoms with van der Waals surface area (Å²) in [4.78, 5) is 0. The Morgan fingerprint density at radius 1 is 1.17 bits per heavy atom. The van der Waals surface area contributed by atoms with Gasteiger partial charge in [0.1, 0.15) is 11.6 Å². The van der Waals surface area contributed by atoms with Gasteiger partial charge in [0.2, 0.25) is 0 Å². The van der Waals surface area contributed by atoms with Crippen LogP contribution in [0.2, 0.25) is 0 Å². The van der Waals surface area contributed by atoms with Crippen LogP contribution in [0.1, 0.15) is 5.56 Å². The maximum Gasteiger partial charge on any atom is 0.131 e. The monoisotopic (exact) mass is 245 g/mol. The highest BCUT2D eigenvalue weighted by Crippen LogP contribution is 2.28. The zero-order valence-electron chi connectivity index (χ0n) is 10.5. The van der Waals surface area contributed by atoms with E-state index < -0.39 is 0 Å². The SMILES string of the molecule is CNCc1cc(-c2ccccc2F)ccc1OC. The Morgan fingerprint density at radius 3 is 2.61 bits per heavy atom. The molecule has 2 rings (SSSR count). The van der Waals surface area contributed by atoms with E-state index in [9.17, 15) is 4.39 Å². The van der Waals surface area contributed by atoms with Crippen molar-refractivity contribution in [3.63, 3.8) is 0 Å². The highest BCUT2D eigenvalue weighted by atomic mass is 19.1. The Labute approximate surface area is 106 Å². The number of benzene rings is 2. The first-order valence-electron chi connectivity index (χ1n) is 5.82. The molecular weight excluding hydrogens is 229 g/mol. The standard InChI is InChI=1S/C15H16FNO/c1-17-10-12-9-11(7-8-15(12)18-2)13-5-3-4-6-14(13)16/h3-9,17H,10H2,1-2H3. The summed E-state index contributed by atoms with van der Waals surface area (Å²) in [5.41, 5.74) is 2.48. The first kappa shape index (κ1) is 12.6. The van der Waals surface area contributed by atoms with Crippen molar-refractivity contribution in [2.45, 2.75) is 6.54 Å². The maximum absolute atomic E-state index is 13.7. The van der Waals surface area contributed by atoms with Gasteiger partial charge in [0, 0.05) is 17.7 Å². The summed E-state index contributed by atoms with van der Waals surface area (Å²) in [6, 6.07) is 12.5. The van der Waals surface area contributed by atoms with Crippen LogP contribution in [0.25, 0.3) is 11.1 Å². The van der Waals surface area contributed by atoms with Crippen LogP contribution in [-0.4, -0.2) is 14.2 Å². The molecule has 3 heteroatoms. The highest BCUT2D eigenvalue weighted by Gasteiger charge is 2.08. The van der Waals surface area contributed by atoms with Gasteiger partial charge in [-0.15, -0.1) is 0 Å². The number of hydrogen-bond acceptors (Lipinski definition) is 2. The molecule has 0 aliphatic heterocycles. The molecule has 0 aliphatic carbocycles. The van der Waals surface area contributed by atoms with Crippen LogP contribution >= 0.6 is 0 Å². The van der Waals surface area contributed by atoms with Gasteiger partial charge >= 0.3 is 0 Å². The molecular formula is C15H16FNO. The fourth-order valence-electron chi connectivity index (χ4n) is 1.97. The van der Waals surface area contributed by atoms with Crippen molar-refractivity contribution >= 4 is 0 Å². The molecule has 2 aromatic rings. The predicted molar refractivity (Wildman–Crippen MR) is 71.2 cm³/mol. The number of methoxy groups -OCH3 is 1. The van der Waals surface area contributed by atoms with Crippen molar-refractivity contribution in [1.29, 1.82) is 0 Å². The van der Waals surface area contributed by atoms with Crippen LogP contribution in [0.15, 0.2) is 42.5 Å². The van der Waals surface area contributed by atoms with Gasteiger partial charge in [-0.1, -0.05) is 24.3 Å². The van der Waals surface area contributed by atoms with Gasteiger partial charge in [-0.3, -0.25) is 0 Å². The lowest BCUT2D eigenvalue weighted by atomic mass is 10.0. The first-order chi connectivity index (χ1) is 8.76. The quantitative estimate of drug-likeness (QED) is 0.893. The molecule has 0 unspecified atom stereocenters. The summed E-state index contributed by atoms with van der Waals surface area (Å²) < 4.78 is 19.0. The fraction of sp³-hybridized carbons (Fsp3) is 0.200. The molecule has 0 amide bonds. The average Bonchev–Trinajstić information content (AvgIpc) is 2.40. The van der Waals surface area contributed by atoms with Crippen LogP contribution in [0.3, 0.4) is 0 Å². The minimum absolute atomic E-state index is 0.210. The van der Waals surface area contributed by atoms with Crippen LogP contribution in [-0.2, 0) is 6.54 Å². The lowest BCUT2D eigenvalue weighted by Crippen LogP contribution is -2.06. The summed E-state index contributed by atoms with van der Waals surface area (Å²) in [6.07, 6.45) is 0. The minimum Gasteiger partial charge on any atom is -0.496 e. The molecule has 2 nitrogen and oxygen atoms in total. The van der Waals surface area contributed by atoms with Crippen molar-refractivity contribution in [1.82, 2.24) is 5.32 Å². The van der Waals surface area contributed by atoms with Gasteiger partial charge in [-0.25, -0.2) is 4.39 Å². The van der Waals surface area contributed by atoms with E-state index >= 15 is 0 Å². The minimum atomic E-state index is -0.210. The topological polar surface area (TPSA) is 21.3 Å². The lowest BCUT2D eigenvalue weighted by Gasteiger charge is -2.11. The predicted octanol–water partition coefficient (Wildman–Crippen LogP) is 3.22. The van der Waals surface area contributed by atoms with E-state index in [1.807, 2.05) is 31.3 Å². The third-order valence-corrected chi connectivity index (χ3v) is 2.83.